The van der Waals surface area contributed by atoms with Crippen molar-refractivity contribution in [2.45, 2.75) is 58.0 Å². The van der Waals surface area contributed by atoms with Crippen molar-refractivity contribution < 1.29 is 34.8 Å². The van der Waals surface area contributed by atoms with Crippen LogP contribution in [0.15, 0.2) is 65.0 Å². The van der Waals surface area contributed by atoms with Crippen molar-refractivity contribution >= 4 is 34.4 Å². The number of nitrogens with zero attached hydrogens (tertiary/aromatic N) is 1. The van der Waals surface area contributed by atoms with Crippen LogP contribution in [0.5, 0.6) is 5.75 Å². The van der Waals surface area contributed by atoms with Gasteiger partial charge in [0.2, 0.25) is 5.78 Å². The van der Waals surface area contributed by atoms with E-state index in [2.05, 4.69) is 43.3 Å². The molecule has 44 heavy (non-hydrogen) atoms. The van der Waals surface area contributed by atoms with Gasteiger partial charge in [0.1, 0.15) is 22.8 Å². The number of phenolic OH excluding ortho intramolecular Hbond substituents is 1. The second-order valence-corrected chi connectivity index (χ2v) is 12.8. The van der Waals surface area contributed by atoms with E-state index >= 15 is 0 Å². The van der Waals surface area contributed by atoms with Gasteiger partial charge in [0.25, 0.3) is 0 Å². The number of anilines is 1. The van der Waals surface area contributed by atoms with E-state index in [1.807, 2.05) is 25.1 Å². The Morgan fingerprint density at radius 1 is 1.05 bits per heavy atom. The fourth-order valence-electron chi connectivity index (χ4n) is 7.42. The number of aromatic hydroxyl groups is 1. The molecule has 1 fully saturated rings. The van der Waals surface area contributed by atoms with Crippen molar-refractivity contribution in [3.05, 3.63) is 92.8 Å². The van der Waals surface area contributed by atoms with Gasteiger partial charge in [0.05, 0.1) is 5.56 Å². The van der Waals surface area contributed by atoms with Crippen LogP contribution in [-0.4, -0.2) is 57.5 Å². The van der Waals surface area contributed by atoms with Gasteiger partial charge >= 0.3 is 0 Å². The van der Waals surface area contributed by atoms with Crippen molar-refractivity contribution in [2.24, 2.45) is 11.8 Å². The summed E-state index contributed by atoms with van der Waals surface area (Å²) in [6.45, 7) is 3.15. The van der Waals surface area contributed by atoms with Gasteiger partial charge in [-0.3, -0.25) is 14.4 Å². The highest BCUT2D eigenvalue weighted by Crippen LogP contribution is 2.53. The molecule has 4 aliphatic rings. The van der Waals surface area contributed by atoms with Crippen LogP contribution in [0.4, 0.5) is 5.69 Å². The first kappa shape index (κ1) is 29.6. The van der Waals surface area contributed by atoms with Gasteiger partial charge in [0.15, 0.2) is 17.2 Å². The molecule has 1 saturated carbocycles. The first-order valence-electron chi connectivity index (χ1n) is 15.0. The second-order valence-electron chi connectivity index (χ2n) is 12.8. The third kappa shape index (κ3) is 4.51. The maximum atomic E-state index is 13.9. The lowest BCUT2D eigenvalue weighted by Crippen LogP contribution is -2.57. The van der Waals surface area contributed by atoms with Crippen LogP contribution in [0.25, 0.3) is 11.3 Å². The number of hydrogen-bond donors (Lipinski definition) is 4. The van der Waals surface area contributed by atoms with Crippen LogP contribution in [0.3, 0.4) is 0 Å². The molecule has 4 aliphatic carbocycles. The molecule has 0 aliphatic heterocycles. The number of benzene rings is 2. The summed E-state index contributed by atoms with van der Waals surface area (Å²) >= 11 is 0. The molecule has 0 aromatic heterocycles. The smallest absolute Gasteiger partial charge is 0.202 e. The van der Waals surface area contributed by atoms with Gasteiger partial charge in [-0.2, -0.15) is 0 Å². The second kappa shape index (κ2) is 10.6. The summed E-state index contributed by atoms with van der Waals surface area (Å²) in [5.41, 5.74) is 3.81. The lowest BCUT2D eigenvalue weighted by Gasteiger charge is -2.46. The molecule has 228 valence electrons. The molecule has 4 N–H and O–H groups in total. The molecule has 0 amide bonds. The van der Waals surface area contributed by atoms with E-state index < -0.39 is 51.9 Å². The van der Waals surface area contributed by atoms with Gasteiger partial charge < -0.3 is 25.3 Å². The fraction of sp³-hybridized carbons (Fsp3) is 0.361. The minimum atomic E-state index is -2.50. The Bertz CT molecular complexity index is 1760. The van der Waals surface area contributed by atoms with Gasteiger partial charge in [-0.15, -0.1) is 0 Å². The molecule has 0 saturated heterocycles. The number of carbonyl (C=O) groups excluding carboxylic acids is 3. The minimum Gasteiger partial charge on any atom is -0.508 e. The molecule has 8 heteroatoms. The number of fused-ring (bicyclic) bond motifs is 3. The van der Waals surface area contributed by atoms with Crippen molar-refractivity contribution in [3.8, 4) is 5.75 Å². The number of hydrogen-bond acceptors (Lipinski definition) is 8. The standard InChI is InChI=1S/C36H37NO7/c1-18-5-9-21(10-6-18)22-11-7-20(13-22)8-12-23-16-27(37(3)4)26-15-24-14-25-17-28(39)29(19(2)38)34(42)36(25,44)35(43)30(24)33(41)31(26)32(23)40/h5-6,9-11,13,16,24-25,40-42,44H,7-8,12,14-15,17H2,1-4H3/t24-,25+,36-/m1/s1. The lowest BCUT2D eigenvalue weighted by atomic mass is 9.59. The van der Waals surface area contributed by atoms with E-state index in [0.29, 0.717) is 30.4 Å². The number of aryl methyl sites for hydroxylation is 2. The molecule has 0 spiro atoms. The number of aliphatic hydroxyl groups is 3. The number of phenols is 1. The maximum absolute atomic E-state index is 13.9. The molecule has 2 aromatic rings. The van der Waals surface area contributed by atoms with E-state index in [4.69, 9.17) is 0 Å². The third-order valence-corrected chi connectivity index (χ3v) is 9.75. The highest BCUT2D eigenvalue weighted by atomic mass is 16.3. The lowest BCUT2D eigenvalue weighted by molar-refractivity contribution is -0.147. The summed E-state index contributed by atoms with van der Waals surface area (Å²) in [5, 5.41) is 45.7. The largest absolute Gasteiger partial charge is 0.508 e. The van der Waals surface area contributed by atoms with Gasteiger partial charge in [0, 0.05) is 37.7 Å². The molecule has 8 nitrogen and oxygen atoms in total. The zero-order valence-electron chi connectivity index (χ0n) is 25.4. The maximum Gasteiger partial charge on any atom is 0.202 e. The zero-order chi connectivity index (χ0) is 31.7. The topological polar surface area (TPSA) is 135 Å². The van der Waals surface area contributed by atoms with Crippen LogP contribution in [-0.2, 0) is 27.2 Å². The summed E-state index contributed by atoms with van der Waals surface area (Å²) in [7, 11) is 3.75. The van der Waals surface area contributed by atoms with E-state index in [1.165, 1.54) is 16.7 Å². The van der Waals surface area contributed by atoms with E-state index in [1.54, 1.807) is 0 Å². The van der Waals surface area contributed by atoms with Gasteiger partial charge in [-0.05, 0) is 80.2 Å². The zero-order valence-corrected chi connectivity index (χ0v) is 25.4. The number of ketones is 3. The minimum absolute atomic E-state index is 0.0948. The quantitative estimate of drug-likeness (QED) is 0.333. The van der Waals surface area contributed by atoms with Crippen LogP contribution in [0.2, 0.25) is 0 Å². The molecule has 0 heterocycles. The Morgan fingerprint density at radius 2 is 1.75 bits per heavy atom. The average Bonchev–Trinajstić information content (AvgIpc) is 3.43. The number of Topliss-reactive ketones (excluding diaryl/α,β-unsaturated/α-hetero) is 3. The molecule has 0 unspecified atom stereocenters. The molecule has 3 atom stereocenters. The third-order valence-electron chi connectivity index (χ3n) is 9.75. The molecule has 2 aromatic carbocycles. The van der Waals surface area contributed by atoms with Crippen molar-refractivity contribution in [2.75, 3.05) is 19.0 Å². The first-order valence-corrected chi connectivity index (χ1v) is 15.0. The highest BCUT2D eigenvalue weighted by Gasteiger charge is 2.60. The highest BCUT2D eigenvalue weighted by molar-refractivity contribution is 6.23. The Hall–Kier alpha value is -4.43. The SMILES string of the molecule is CC(=O)C1=C(O)[C@@]2(O)C(=O)C3=C(O)c4c(O)c(CCC5=CC(c6ccc(C)cc6)=CC5)cc(N(C)C)c4C[C@H]3C[C@H]2CC1=O. The predicted octanol–water partition coefficient (Wildman–Crippen LogP) is 5.25. The van der Waals surface area contributed by atoms with Crippen molar-refractivity contribution in [1.29, 1.82) is 0 Å². The summed E-state index contributed by atoms with van der Waals surface area (Å²) in [6.07, 6.45) is 6.54. The first-order chi connectivity index (χ1) is 20.8. The van der Waals surface area contributed by atoms with Crippen LogP contribution in [0.1, 0.15) is 60.4 Å². The van der Waals surface area contributed by atoms with Crippen LogP contribution < -0.4 is 4.90 Å². The van der Waals surface area contributed by atoms with Gasteiger partial charge in [-0.1, -0.05) is 47.6 Å². The van der Waals surface area contributed by atoms with Crippen molar-refractivity contribution in [1.82, 2.24) is 0 Å². The Labute approximate surface area is 256 Å². The number of aliphatic hydroxyl groups excluding tert-OH is 2. The molecular weight excluding hydrogens is 558 g/mol. The normalized spacial score (nSPS) is 24.5. The van der Waals surface area contributed by atoms with Gasteiger partial charge in [-0.25, -0.2) is 0 Å². The molecule has 6 rings (SSSR count). The van der Waals surface area contributed by atoms with E-state index in [-0.39, 0.29) is 29.7 Å². The molecule has 0 bridgehead atoms. The van der Waals surface area contributed by atoms with E-state index in [0.717, 1.165) is 24.6 Å². The summed E-state index contributed by atoms with van der Waals surface area (Å²) in [6, 6.07) is 10.3. The Morgan fingerprint density at radius 3 is 2.41 bits per heavy atom. The van der Waals surface area contributed by atoms with Crippen LogP contribution >= 0.6 is 0 Å². The van der Waals surface area contributed by atoms with E-state index in [9.17, 15) is 34.8 Å². The Balaban J connectivity index is 1.37. The number of carbonyl (C=O) groups is 3. The average molecular weight is 596 g/mol. The molecular formula is C36H37NO7. The monoisotopic (exact) mass is 595 g/mol. The summed E-state index contributed by atoms with van der Waals surface area (Å²) < 4.78 is 0. The summed E-state index contributed by atoms with van der Waals surface area (Å²) in [4.78, 5) is 40.6. The van der Waals surface area contributed by atoms with Crippen LogP contribution in [0, 0.1) is 18.8 Å². The van der Waals surface area contributed by atoms with Crippen molar-refractivity contribution in [3.63, 3.8) is 0 Å². The predicted molar refractivity (Wildman–Crippen MR) is 167 cm³/mol. The molecule has 0 radical (unpaired) electrons. The fourth-order valence-corrected chi connectivity index (χ4v) is 7.42. The number of rotatable bonds is 6. The number of allylic oxidation sites excluding steroid dienone is 5. The Kier molecular flexibility index (Phi) is 7.16. The summed E-state index contributed by atoms with van der Waals surface area (Å²) in [5.74, 6) is -5.28.